The van der Waals surface area contributed by atoms with Gasteiger partial charge in [0, 0.05) is 49.2 Å². The van der Waals surface area contributed by atoms with Gasteiger partial charge in [0.15, 0.2) is 5.76 Å². The second kappa shape index (κ2) is 12.9. The van der Waals surface area contributed by atoms with Gasteiger partial charge in [-0.15, -0.1) is 0 Å². The maximum absolute atomic E-state index is 13.4. The highest BCUT2D eigenvalue weighted by atomic mass is 16.5. The number of carbonyl (C=O) groups excluding carboxylic acids is 2. The van der Waals surface area contributed by atoms with Gasteiger partial charge in [-0.05, 0) is 63.7 Å². The van der Waals surface area contributed by atoms with Gasteiger partial charge in [-0.1, -0.05) is 12.1 Å². The number of aliphatic hydroxyl groups excluding tert-OH is 1. The summed E-state index contributed by atoms with van der Waals surface area (Å²) < 4.78 is 11.7. The summed E-state index contributed by atoms with van der Waals surface area (Å²) in [6.07, 6.45) is 3.40. The zero-order chi connectivity index (χ0) is 28.8. The normalized spacial score (nSPS) is 18.3. The van der Waals surface area contributed by atoms with Crippen molar-refractivity contribution in [2.24, 2.45) is 5.92 Å². The summed E-state index contributed by atoms with van der Waals surface area (Å²) in [5.74, 6) is 0.981. The quantitative estimate of drug-likeness (QED) is 0.387. The number of hydrogen-bond acceptors (Lipinski definition) is 8. The summed E-state index contributed by atoms with van der Waals surface area (Å²) in [4.78, 5) is 34.2. The van der Waals surface area contributed by atoms with Crippen molar-refractivity contribution in [1.29, 1.82) is 0 Å². The number of urea groups is 1. The standard InChI is InChI=1S/C29H38N6O5/c1-18-14-35(19(2)17-36)27(37)13-23-12-24(31-29(38)32-28-20(3)33-40-21(28)4)6-7-25(23)39-26(18)16-34(5)15-22-8-10-30-11-9-22/h6-12,18-19,26,36H,13-17H2,1-5H3,(H2,31,32,38)/t18?,19-,26-/m0/s1. The SMILES string of the molecule is Cc1noc(C)c1NC(=O)Nc1ccc2c(c1)CC(=O)N([C@@H](C)CO)CC(C)[C@H](CN(C)Cc1ccncc1)O2. The third kappa shape index (κ3) is 7.16. The molecule has 4 rings (SSSR count). The number of carbonyl (C=O) groups is 2. The van der Waals surface area contributed by atoms with Gasteiger partial charge in [0.25, 0.3) is 0 Å². The first kappa shape index (κ1) is 29.0. The molecule has 1 aliphatic rings. The number of amides is 3. The monoisotopic (exact) mass is 550 g/mol. The average Bonchev–Trinajstić information content (AvgIpc) is 3.25. The van der Waals surface area contributed by atoms with E-state index in [2.05, 4.69) is 32.6 Å². The van der Waals surface area contributed by atoms with Crippen molar-refractivity contribution in [3.05, 3.63) is 65.3 Å². The highest BCUT2D eigenvalue weighted by molar-refractivity contribution is 6.00. The van der Waals surface area contributed by atoms with Crippen LogP contribution in [0.2, 0.25) is 0 Å². The van der Waals surface area contributed by atoms with Gasteiger partial charge in [-0.25, -0.2) is 4.79 Å². The Hall–Kier alpha value is -3.96. The largest absolute Gasteiger partial charge is 0.488 e. The fraction of sp³-hybridized carbons (Fsp3) is 0.448. The van der Waals surface area contributed by atoms with Gasteiger partial charge < -0.3 is 29.9 Å². The number of rotatable bonds is 8. The van der Waals surface area contributed by atoms with Crippen LogP contribution in [-0.4, -0.2) is 75.9 Å². The summed E-state index contributed by atoms with van der Waals surface area (Å²) in [5, 5.41) is 19.3. The Bertz CT molecular complexity index is 1290. The highest BCUT2D eigenvalue weighted by Crippen LogP contribution is 2.29. The zero-order valence-corrected chi connectivity index (χ0v) is 23.7. The summed E-state index contributed by atoms with van der Waals surface area (Å²) in [6, 6.07) is 8.48. The summed E-state index contributed by atoms with van der Waals surface area (Å²) in [6.45, 7) is 9.03. The summed E-state index contributed by atoms with van der Waals surface area (Å²) in [7, 11) is 2.04. The van der Waals surface area contributed by atoms with E-state index < -0.39 is 6.03 Å². The van der Waals surface area contributed by atoms with E-state index in [-0.39, 0.29) is 37.0 Å². The fourth-order valence-electron chi connectivity index (χ4n) is 4.83. The van der Waals surface area contributed by atoms with Crippen LogP contribution in [0.4, 0.5) is 16.2 Å². The smallest absolute Gasteiger partial charge is 0.323 e. The Morgan fingerprint density at radius 3 is 2.65 bits per heavy atom. The van der Waals surface area contributed by atoms with Crippen LogP contribution in [0.3, 0.4) is 0 Å². The lowest BCUT2D eigenvalue weighted by atomic mass is 10.0. The maximum atomic E-state index is 13.4. The van der Waals surface area contributed by atoms with Crippen molar-refractivity contribution in [2.45, 2.75) is 52.8 Å². The number of aryl methyl sites for hydroxylation is 2. The minimum atomic E-state index is -0.454. The number of aromatic nitrogens is 2. The molecule has 0 saturated heterocycles. The van der Waals surface area contributed by atoms with Crippen molar-refractivity contribution in [1.82, 2.24) is 19.9 Å². The molecule has 11 heteroatoms. The Morgan fingerprint density at radius 2 is 1.98 bits per heavy atom. The van der Waals surface area contributed by atoms with Crippen molar-refractivity contribution in [2.75, 3.05) is 37.4 Å². The molecule has 0 saturated carbocycles. The van der Waals surface area contributed by atoms with E-state index in [1.54, 1.807) is 49.3 Å². The molecule has 1 unspecified atom stereocenters. The first-order valence-electron chi connectivity index (χ1n) is 13.4. The lowest BCUT2D eigenvalue weighted by molar-refractivity contribution is -0.134. The summed E-state index contributed by atoms with van der Waals surface area (Å²) >= 11 is 0. The average molecular weight is 551 g/mol. The minimum absolute atomic E-state index is 0.0116. The van der Waals surface area contributed by atoms with E-state index in [4.69, 9.17) is 9.26 Å². The molecule has 3 heterocycles. The predicted octanol–water partition coefficient (Wildman–Crippen LogP) is 3.61. The van der Waals surface area contributed by atoms with Crippen LogP contribution in [0.25, 0.3) is 0 Å². The molecule has 40 heavy (non-hydrogen) atoms. The van der Waals surface area contributed by atoms with Crippen molar-refractivity contribution in [3.63, 3.8) is 0 Å². The third-order valence-corrected chi connectivity index (χ3v) is 7.14. The molecule has 3 atom stereocenters. The number of hydrogen-bond donors (Lipinski definition) is 3. The van der Waals surface area contributed by atoms with Crippen LogP contribution in [0, 0.1) is 19.8 Å². The number of benzene rings is 1. The fourth-order valence-corrected chi connectivity index (χ4v) is 4.83. The van der Waals surface area contributed by atoms with Crippen LogP contribution in [-0.2, 0) is 17.8 Å². The molecule has 0 bridgehead atoms. The molecule has 3 aromatic rings. The van der Waals surface area contributed by atoms with Crippen LogP contribution >= 0.6 is 0 Å². The molecule has 0 aliphatic carbocycles. The van der Waals surface area contributed by atoms with Crippen molar-refractivity contribution in [3.8, 4) is 5.75 Å². The molecule has 214 valence electrons. The van der Waals surface area contributed by atoms with Gasteiger partial charge in [-0.2, -0.15) is 0 Å². The number of aliphatic hydroxyl groups is 1. The lowest BCUT2D eigenvalue weighted by Gasteiger charge is -2.34. The van der Waals surface area contributed by atoms with Gasteiger partial charge in [0.2, 0.25) is 5.91 Å². The second-order valence-electron chi connectivity index (χ2n) is 10.5. The van der Waals surface area contributed by atoms with E-state index in [1.165, 1.54) is 0 Å². The van der Waals surface area contributed by atoms with Crippen LogP contribution < -0.4 is 15.4 Å². The maximum Gasteiger partial charge on any atom is 0.323 e. The Morgan fingerprint density at radius 1 is 1.23 bits per heavy atom. The Balaban J connectivity index is 1.57. The van der Waals surface area contributed by atoms with Crippen molar-refractivity contribution >= 4 is 23.3 Å². The number of nitrogens with one attached hydrogen (secondary N) is 2. The highest BCUT2D eigenvalue weighted by Gasteiger charge is 2.31. The molecule has 1 aliphatic heterocycles. The topological polar surface area (TPSA) is 133 Å². The summed E-state index contributed by atoms with van der Waals surface area (Å²) in [5.41, 5.74) is 3.41. The number of pyridine rings is 1. The molecule has 0 spiro atoms. The number of nitrogens with zero attached hydrogens (tertiary/aromatic N) is 4. The third-order valence-electron chi connectivity index (χ3n) is 7.14. The van der Waals surface area contributed by atoms with E-state index in [1.807, 2.05) is 26.1 Å². The lowest BCUT2D eigenvalue weighted by Crippen LogP contribution is -2.47. The van der Waals surface area contributed by atoms with Crippen LogP contribution in [0.5, 0.6) is 5.75 Å². The number of likely N-dealkylation sites (N-methyl/N-ethyl adjacent to an activating group) is 1. The van der Waals surface area contributed by atoms with E-state index in [9.17, 15) is 14.7 Å². The number of ether oxygens (including phenoxy) is 1. The molecule has 11 nitrogen and oxygen atoms in total. The van der Waals surface area contributed by atoms with E-state index in [0.717, 1.165) is 12.1 Å². The second-order valence-corrected chi connectivity index (χ2v) is 10.5. The molecular formula is C29H38N6O5. The first-order chi connectivity index (χ1) is 19.1. The first-order valence-corrected chi connectivity index (χ1v) is 13.4. The van der Waals surface area contributed by atoms with Gasteiger partial charge >= 0.3 is 6.03 Å². The van der Waals surface area contributed by atoms with Gasteiger partial charge in [-0.3, -0.25) is 14.7 Å². The molecule has 0 radical (unpaired) electrons. The van der Waals surface area contributed by atoms with Gasteiger partial charge in [0.05, 0.1) is 19.1 Å². The van der Waals surface area contributed by atoms with Crippen molar-refractivity contribution < 1.29 is 24.0 Å². The predicted molar refractivity (Wildman–Crippen MR) is 151 cm³/mol. The number of anilines is 2. The minimum Gasteiger partial charge on any atom is -0.488 e. The Kier molecular flexibility index (Phi) is 9.38. The molecular weight excluding hydrogens is 512 g/mol. The van der Waals surface area contributed by atoms with E-state index >= 15 is 0 Å². The molecule has 2 aromatic heterocycles. The van der Waals surface area contributed by atoms with Gasteiger partial charge in [0.1, 0.15) is 23.2 Å². The van der Waals surface area contributed by atoms with Crippen LogP contribution in [0.1, 0.15) is 36.4 Å². The van der Waals surface area contributed by atoms with Crippen LogP contribution in [0.15, 0.2) is 47.2 Å². The zero-order valence-electron chi connectivity index (χ0n) is 23.7. The molecule has 3 amide bonds. The molecule has 3 N–H and O–H groups in total. The molecule has 1 aromatic carbocycles. The Labute approximate surface area is 234 Å². The van der Waals surface area contributed by atoms with E-state index in [0.29, 0.717) is 47.2 Å². The molecule has 0 fully saturated rings. The number of fused-ring (bicyclic) bond motifs is 1.